The fourth-order valence-electron chi connectivity index (χ4n) is 3.27. The summed E-state index contributed by atoms with van der Waals surface area (Å²) in [7, 11) is 0. The van der Waals surface area contributed by atoms with Crippen LogP contribution in [-0.2, 0) is 10.2 Å². The molecule has 1 amide bonds. The second kappa shape index (κ2) is 9.94. The summed E-state index contributed by atoms with van der Waals surface area (Å²) in [5.41, 5.74) is 0.996. The summed E-state index contributed by atoms with van der Waals surface area (Å²) in [6.45, 7) is 8.10. The van der Waals surface area contributed by atoms with E-state index in [1.807, 2.05) is 76.2 Å². The Labute approximate surface area is 205 Å². The minimum atomic E-state index is -0.609. The summed E-state index contributed by atoms with van der Waals surface area (Å²) < 4.78 is 7.46. The van der Waals surface area contributed by atoms with E-state index in [1.54, 1.807) is 6.07 Å². The number of hydrogen-bond acceptors (Lipinski definition) is 8. The molecule has 0 saturated carbocycles. The van der Waals surface area contributed by atoms with Gasteiger partial charge in [0.25, 0.3) is 5.56 Å². The molecular weight excluding hydrogens is 470 g/mol. The summed E-state index contributed by atoms with van der Waals surface area (Å²) >= 11 is 2.49. The first-order valence-electron chi connectivity index (χ1n) is 10.8. The van der Waals surface area contributed by atoms with Gasteiger partial charge in [0.1, 0.15) is 16.7 Å². The third-order valence-corrected chi connectivity index (χ3v) is 7.12. The molecule has 4 rings (SSSR count). The number of nitrogens with zero attached hydrogens (tertiary/aromatic N) is 4. The lowest BCUT2D eigenvalue weighted by Gasteiger charge is -2.17. The lowest BCUT2D eigenvalue weighted by atomic mass is 9.93. The molecule has 0 unspecified atom stereocenters. The zero-order valence-electron chi connectivity index (χ0n) is 19.3. The number of para-hydroxylation sites is 2. The van der Waals surface area contributed by atoms with E-state index in [-0.39, 0.29) is 11.5 Å². The van der Waals surface area contributed by atoms with Crippen molar-refractivity contribution in [2.75, 3.05) is 11.9 Å². The van der Waals surface area contributed by atoms with Crippen molar-refractivity contribution in [1.29, 1.82) is 0 Å². The standard InChI is InChI=1S/C24H25N5O3S2/c1-5-32-17-14-10-9-13-16(17)25-20(30)18(15-11-7-6-8-12-15)33-23-28-29-21(31)19(24(2,3)4)26-27-22(29)34-23/h6-14,18H,5H2,1-4H3,(H,25,30)/t18-/m0/s1. The summed E-state index contributed by atoms with van der Waals surface area (Å²) in [5.74, 6) is 0.378. The van der Waals surface area contributed by atoms with Gasteiger partial charge in [-0.05, 0) is 24.6 Å². The van der Waals surface area contributed by atoms with Gasteiger partial charge < -0.3 is 10.1 Å². The quantitative estimate of drug-likeness (QED) is 0.371. The number of carbonyl (C=O) groups excluding carboxylic acids is 1. The maximum atomic E-state index is 13.4. The second-order valence-electron chi connectivity index (χ2n) is 8.49. The van der Waals surface area contributed by atoms with E-state index >= 15 is 0 Å². The molecule has 0 aliphatic heterocycles. The van der Waals surface area contributed by atoms with Crippen molar-refractivity contribution in [3.05, 3.63) is 76.2 Å². The van der Waals surface area contributed by atoms with Crippen LogP contribution in [0.25, 0.3) is 4.96 Å². The Kier molecular flexibility index (Phi) is 6.99. The zero-order valence-corrected chi connectivity index (χ0v) is 20.9. The minimum Gasteiger partial charge on any atom is -0.492 e. The van der Waals surface area contributed by atoms with Crippen LogP contribution in [0.3, 0.4) is 0 Å². The molecule has 1 atom stereocenters. The SMILES string of the molecule is CCOc1ccccc1NC(=O)[C@@H](Sc1nn2c(=O)c(C(C)(C)C)nnc2s1)c1ccccc1. The van der Waals surface area contributed by atoms with Crippen LogP contribution in [0.15, 0.2) is 63.7 Å². The molecule has 2 aromatic heterocycles. The average Bonchev–Trinajstić information content (AvgIpc) is 3.23. The van der Waals surface area contributed by atoms with Gasteiger partial charge >= 0.3 is 0 Å². The molecule has 0 fully saturated rings. The Morgan fingerprint density at radius 1 is 1.12 bits per heavy atom. The third-order valence-electron chi connectivity index (χ3n) is 4.89. The van der Waals surface area contributed by atoms with Gasteiger partial charge in [-0.15, -0.1) is 15.3 Å². The van der Waals surface area contributed by atoms with Crippen molar-refractivity contribution >= 4 is 39.7 Å². The van der Waals surface area contributed by atoms with Gasteiger partial charge in [0.2, 0.25) is 10.9 Å². The van der Waals surface area contributed by atoms with Crippen molar-refractivity contribution in [3.8, 4) is 5.75 Å². The van der Waals surface area contributed by atoms with E-state index in [1.165, 1.54) is 27.6 Å². The number of hydrogen-bond donors (Lipinski definition) is 1. The monoisotopic (exact) mass is 495 g/mol. The maximum absolute atomic E-state index is 13.4. The van der Waals surface area contributed by atoms with Crippen molar-refractivity contribution in [2.45, 2.75) is 42.7 Å². The minimum absolute atomic E-state index is 0.226. The van der Waals surface area contributed by atoms with E-state index in [9.17, 15) is 9.59 Å². The van der Waals surface area contributed by atoms with Crippen molar-refractivity contribution in [2.24, 2.45) is 0 Å². The highest BCUT2D eigenvalue weighted by atomic mass is 32.2. The van der Waals surface area contributed by atoms with Crippen molar-refractivity contribution in [3.63, 3.8) is 0 Å². The predicted molar refractivity (Wildman–Crippen MR) is 135 cm³/mol. The first-order chi connectivity index (χ1) is 16.3. The largest absolute Gasteiger partial charge is 0.492 e. The van der Waals surface area contributed by atoms with E-state index in [0.29, 0.717) is 33.0 Å². The zero-order chi connectivity index (χ0) is 24.3. The first-order valence-corrected chi connectivity index (χ1v) is 12.5. The van der Waals surface area contributed by atoms with Gasteiger partial charge in [0.15, 0.2) is 4.34 Å². The Balaban J connectivity index is 1.68. The summed E-state index contributed by atoms with van der Waals surface area (Å²) in [5, 5.41) is 15.2. The number of nitrogens with one attached hydrogen (secondary N) is 1. The third kappa shape index (κ3) is 5.13. The van der Waals surface area contributed by atoms with E-state index < -0.39 is 10.7 Å². The fraction of sp³-hybridized carbons (Fsp3) is 0.292. The molecule has 0 aliphatic rings. The van der Waals surface area contributed by atoms with Crippen molar-refractivity contribution in [1.82, 2.24) is 19.8 Å². The Morgan fingerprint density at radius 2 is 1.82 bits per heavy atom. The number of amides is 1. The Morgan fingerprint density at radius 3 is 2.53 bits per heavy atom. The van der Waals surface area contributed by atoms with Gasteiger partial charge in [-0.1, -0.05) is 86.3 Å². The first kappa shape index (κ1) is 23.9. The molecule has 176 valence electrons. The summed E-state index contributed by atoms with van der Waals surface area (Å²) in [4.78, 5) is 26.7. The highest BCUT2D eigenvalue weighted by Crippen LogP contribution is 2.38. The molecule has 4 aromatic rings. The lowest BCUT2D eigenvalue weighted by Crippen LogP contribution is -2.30. The van der Waals surface area contributed by atoms with Gasteiger partial charge in [0, 0.05) is 5.41 Å². The smallest absolute Gasteiger partial charge is 0.297 e. The van der Waals surface area contributed by atoms with Gasteiger partial charge in [-0.25, -0.2) is 0 Å². The second-order valence-corrected chi connectivity index (χ2v) is 10.8. The number of ether oxygens (including phenoxy) is 1. The van der Waals surface area contributed by atoms with Gasteiger partial charge in [-0.3, -0.25) is 9.59 Å². The number of carbonyl (C=O) groups is 1. The summed E-state index contributed by atoms with van der Waals surface area (Å²) in [6.07, 6.45) is 0. The summed E-state index contributed by atoms with van der Waals surface area (Å²) in [6, 6.07) is 16.8. The lowest BCUT2D eigenvalue weighted by molar-refractivity contribution is -0.115. The van der Waals surface area contributed by atoms with Crippen LogP contribution in [0.1, 0.15) is 44.2 Å². The predicted octanol–water partition coefficient (Wildman–Crippen LogP) is 4.71. The van der Waals surface area contributed by atoms with E-state index in [0.717, 1.165) is 5.56 Å². The highest BCUT2D eigenvalue weighted by Gasteiger charge is 2.27. The molecule has 10 heteroatoms. The number of benzene rings is 2. The number of anilines is 1. The van der Waals surface area contributed by atoms with Gasteiger partial charge in [-0.2, -0.15) is 4.52 Å². The molecule has 34 heavy (non-hydrogen) atoms. The van der Waals surface area contributed by atoms with E-state index in [2.05, 4.69) is 20.6 Å². The van der Waals surface area contributed by atoms with Crippen LogP contribution in [-0.4, -0.2) is 32.3 Å². The maximum Gasteiger partial charge on any atom is 0.297 e. The van der Waals surface area contributed by atoms with Crippen LogP contribution in [0.5, 0.6) is 5.75 Å². The van der Waals surface area contributed by atoms with E-state index in [4.69, 9.17) is 4.74 Å². The van der Waals surface area contributed by atoms with Crippen LogP contribution in [0, 0.1) is 0 Å². The molecule has 0 radical (unpaired) electrons. The van der Waals surface area contributed by atoms with Crippen molar-refractivity contribution < 1.29 is 9.53 Å². The van der Waals surface area contributed by atoms with Gasteiger partial charge in [0.05, 0.1) is 12.3 Å². The fourth-order valence-corrected chi connectivity index (χ4v) is 5.33. The Hall–Kier alpha value is -3.24. The number of aromatic nitrogens is 4. The average molecular weight is 496 g/mol. The van der Waals surface area contributed by atoms with Crippen LogP contribution in [0.2, 0.25) is 0 Å². The molecule has 0 saturated heterocycles. The number of rotatable bonds is 7. The van der Waals surface area contributed by atoms with Crippen LogP contribution >= 0.6 is 23.1 Å². The highest BCUT2D eigenvalue weighted by molar-refractivity contribution is 8.02. The molecule has 2 aromatic carbocycles. The molecule has 0 aliphatic carbocycles. The molecule has 0 spiro atoms. The van der Waals surface area contributed by atoms with Crippen LogP contribution in [0.4, 0.5) is 5.69 Å². The molecular formula is C24H25N5O3S2. The normalized spacial score (nSPS) is 12.5. The number of thioether (sulfide) groups is 1. The molecule has 8 nitrogen and oxygen atoms in total. The van der Waals surface area contributed by atoms with Crippen LogP contribution < -0.4 is 15.6 Å². The molecule has 2 heterocycles. The topological polar surface area (TPSA) is 98.5 Å². The number of fused-ring (bicyclic) bond motifs is 1. The Bertz CT molecular complexity index is 1360. The molecule has 1 N–H and O–H groups in total. The molecule has 0 bridgehead atoms.